The Morgan fingerprint density at radius 3 is 2.56 bits per heavy atom. The van der Waals surface area contributed by atoms with Crippen LogP contribution in [-0.4, -0.2) is 56.0 Å². The topological polar surface area (TPSA) is 86.8 Å². The van der Waals surface area contributed by atoms with Gasteiger partial charge in [-0.3, -0.25) is 9.59 Å². The molecule has 7 nitrogen and oxygen atoms in total. The number of carbonyl (C=O) groups is 2. The number of sulfonamides is 1. The second-order valence-corrected chi connectivity index (χ2v) is 12.4. The lowest BCUT2D eigenvalue weighted by molar-refractivity contribution is -0.123. The Hall–Kier alpha value is -1.58. The molecule has 1 aromatic rings. The monoisotopic (exact) mass is 479 g/mol. The highest BCUT2D eigenvalue weighted by Crippen LogP contribution is 2.38. The van der Waals surface area contributed by atoms with Gasteiger partial charge >= 0.3 is 0 Å². The molecule has 1 N–H and O–H groups in total. The normalized spacial score (nSPS) is 25.4. The van der Waals surface area contributed by atoms with Gasteiger partial charge in [-0.1, -0.05) is 26.7 Å². The fraction of sp³-hybridized carbons (Fsp3) is 0.652. The molecule has 9 heteroatoms. The summed E-state index contributed by atoms with van der Waals surface area (Å²) in [6.45, 7) is 5.24. The molecule has 176 valence electrons. The Balaban J connectivity index is 1.54. The van der Waals surface area contributed by atoms with Crippen LogP contribution >= 0.6 is 11.8 Å². The maximum absolute atomic E-state index is 13.2. The third-order valence-corrected chi connectivity index (χ3v) is 9.96. The lowest BCUT2D eigenvalue weighted by Gasteiger charge is -2.33. The lowest BCUT2D eigenvalue weighted by Crippen LogP contribution is -2.48. The maximum atomic E-state index is 13.2. The summed E-state index contributed by atoms with van der Waals surface area (Å²) in [5.41, 5.74) is 0.518. The SMILES string of the molecule is CC1CCN(S(=O)(=O)c2ccc3c(c2)N(CC(=O)NC2CCCCC2C)C(=O)CS3)CC1. The largest absolute Gasteiger partial charge is 0.352 e. The van der Waals surface area contributed by atoms with Crippen molar-refractivity contribution in [2.24, 2.45) is 11.8 Å². The number of hydrogen-bond donors (Lipinski definition) is 1. The fourth-order valence-electron chi connectivity index (χ4n) is 4.82. The van der Waals surface area contributed by atoms with Crippen LogP contribution in [0, 0.1) is 11.8 Å². The molecule has 4 rings (SSSR count). The van der Waals surface area contributed by atoms with E-state index in [4.69, 9.17) is 0 Å². The molecule has 0 spiro atoms. The van der Waals surface area contributed by atoms with Gasteiger partial charge in [0.05, 0.1) is 16.3 Å². The van der Waals surface area contributed by atoms with E-state index in [0.29, 0.717) is 30.6 Å². The van der Waals surface area contributed by atoms with Crippen molar-refractivity contribution in [1.82, 2.24) is 9.62 Å². The smallest absolute Gasteiger partial charge is 0.243 e. The molecule has 1 saturated heterocycles. The molecule has 1 saturated carbocycles. The second kappa shape index (κ2) is 9.73. The van der Waals surface area contributed by atoms with Crippen molar-refractivity contribution in [1.29, 1.82) is 0 Å². The van der Waals surface area contributed by atoms with Crippen molar-refractivity contribution >= 4 is 39.3 Å². The van der Waals surface area contributed by atoms with E-state index in [-0.39, 0.29) is 35.0 Å². The molecule has 32 heavy (non-hydrogen) atoms. The Morgan fingerprint density at radius 2 is 1.84 bits per heavy atom. The summed E-state index contributed by atoms with van der Waals surface area (Å²) >= 11 is 1.39. The molecule has 2 unspecified atom stereocenters. The van der Waals surface area contributed by atoms with E-state index < -0.39 is 10.0 Å². The summed E-state index contributed by atoms with van der Waals surface area (Å²) in [6.07, 6.45) is 6.06. The van der Waals surface area contributed by atoms with Crippen LogP contribution in [0.25, 0.3) is 0 Å². The second-order valence-electron chi connectivity index (χ2n) is 9.42. The number of rotatable bonds is 5. The van der Waals surface area contributed by atoms with Gasteiger partial charge in [-0.05, 0) is 55.7 Å². The van der Waals surface area contributed by atoms with Crippen molar-refractivity contribution in [2.75, 3.05) is 30.3 Å². The van der Waals surface area contributed by atoms with E-state index in [9.17, 15) is 18.0 Å². The number of amides is 2. The molecule has 2 aliphatic heterocycles. The standard InChI is InChI=1S/C23H33N3O4S2/c1-16-9-11-25(12-10-16)32(29,30)18-7-8-21-20(13-18)26(23(28)15-31-21)14-22(27)24-19-6-4-3-5-17(19)2/h7-8,13,16-17,19H,3-6,9-12,14-15H2,1-2H3,(H,24,27). The first-order valence-electron chi connectivity index (χ1n) is 11.6. The van der Waals surface area contributed by atoms with Crippen LogP contribution in [0.15, 0.2) is 28.0 Å². The van der Waals surface area contributed by atoms with Crippen LogP contribution in [-0.2, 0) is 19.6 Å². The van der Waals surface area contributed by atoms with Gasteiger partial charge < -0.3 is 10.2 Å². The molecule has 1 aliphatic carbocycles. The maximum Gasteiger partial charge on any atom is 0.243 e. The molecule has 2 heterocycles. The first-order valence-corrected chi connectivity index (χ1v) is 14.0. The minimum Gasteiger partial charge on any atom is -0.352 e. The van der Waals surface area contributed by atoms with Gasteiger partial charge in [-0.15, -0.1) is 11.8 Å². The minimum absolute atomic E-state index is 0.0830. The van der Waals surface area contributed by atoms with Crippen molar-refractivity contribution in [3.8, 4) is 0 Å². The van der Waals surface area contributed by atoms with Crippen molar-refractivity contribution in [3.05, 3.63) is 18.2 Å². The van der Waals surface area contributed by atoms with E-state index in [1.165, 1.54) is 27.4 Å². The van der Waals surface area contributed by atoms with Gasteiger partial charge in [0.25, 0.3) is 0 Å². The van der Waals surface area contributed by atoms with E-state index >= 15 is 0 Å². The van der Waals surface area contributed by atoms with E-state index in [0.717, 1.165) is 37.0 Å². The molecule has 2 fully saturated rings. The average molecular weight is 480 g/mol. The van der Waals surface area contributed by atoms with Gasteiger partial charge in [-0.25, -0.2) is 8.42 Å². The van der Waals surface area contributed by atoms with Gasteiger partial charge in [0, 0.05) is 24.0 Å². The average Bonchev–Trinajstić information content (AvgIpc) is 2.77. The predicted molar refractivity (Wildman–Crippen MR) is 126 cm³/mol. The molecule has 3 aliphatic rings. The zero-order chi connectivity index (χ0) is 22.9. The van der Waals surface area contributed by atoms with Crippen molar-refractivity contribution in [3.63, 3.8) is 0 Å². The highest BCUT2D eigenvalue weighted by molar-refractivity contribution is 8.00. The number of benzene rings is 1. The fourth-order valence-corrected chi connectivity index (χ4v) is 7.22. The number of hydrogen-bond acceptors (Lipinski definition) is 5. The number of fused-ring (bicyclic) bond motifs is 1. The summed E-state index contributed by atoms with van der Waals surface area (Å²) in [4.78, 5) is 28.0. The first kappa shape index (κ1) is 23.6. The van der Waals surface area contributed by atoms with E-state index in [2.05, 4.69) is 19.2 Å². The van der Waals surface area contributed by atoms with Gasteiger partial charge in [0.2, 0.25) is 21.8 Å². The third-order valence-electron chi connectivity index (χ3n) is 7.01. The quantitative estimate of drug-likeness (QED) is 0.701. The first-order chi connectivity index (χ1) is 15.3. The number of anilines is 1. The molecule has 0 aromatic heterocycles. The minimum atomic E-state index is -3.63. The number of nitrogens with one attached hydrogen (secondary N) is 1. The number of piperidine rings is 1. The number of carbonyl (C=O) groups excluding carboxylic acids is 2. The number of nitrogens with zero attached hydrogens (tertiary/aromatic N) is 2. The van der Waals surface area contributed by atoms with E-state index in [1.807, 2.05) is 0 Å². The van der Waals surface area contributed by atoms with Crippen LogP contribution < -0.4 is 10.2 Å². The Bertz CT molecular complexity index is 973. The Morgan fingerprint density at radius 1 is 1.12 bits per heavy atom. The Kier molecular flexibility index (Phi) is 7.17. The van der Waals surface area contributed by atoms with Crippen LogP contribution in [0.4, 0.5) is 5.69 Å². The molecule has 0 radical (unpaired) electrons. The van der Waals surface area contributed by atoms with Crippen LogP contribution in [0.2, 0.25) is 0 Å². The van der Waals surface area contributed by atoms with Crippen molar-refractivity contribution < 1.29 is 18.0 Å². The summed E-state index contributed by atoms with van der Waals surface area (Å²) < 4.78 is 28.0. The molecule has 2 amide bonds. The zero-order valence-corrected chi connectivity index (χ0v) is 20.5. The summed E-state index contributed by atoms with van der Waals surface area (Å²) in [7, 11) is -3.63. The van der Waals surface area contributed by atoms with E-state index in [1.54, 1.807) is 18.2 Å². The lowest BCUT2D eigenvalue weighted by atomic mass is 9.86. The summed E-state index contributed by atoms with van der Waals surface area (Å²) in [6, 6.07) is 5.10. The zero-order valence-electron chi connectivity index (χ0n) is 18.9. The molecular formula is C23H33N3O4S2. The van der Waals surface area contributed by atoms with Crippen molar-refractivity contribution in [2.45, 2.75) is 68.2 Å². The molecule has 2 atom stereocenters. The number of thioether (sulfide) groups is 1. The van der Waals surface area contributed by atoms with Crippen LogP contribution in [0.5, 0.6) is 0 Å². The molecule has 1 aromatic carbocycles. The van der Waals surface area contributed by atoms with Gasteiger partial charge in [0.1, 0.15) is 6.54 Å². The van der Waals surface area contributed by atoms with Crippen LogP contribution in [0.3, 0.4) is 0 Å². The Labute approximate surface area is 195 Å². The van der Waals surface area contributed by atoms with Gasteiger partial charge in [0.15, 0.2) is 0 Å². The predicted octanol–water partition coefficient (Wildman–Crippen LogP) is 3.24. The molecule has 0 bridgehead atoms. The third kappa shape index (κ3) is 4.99. The summed E-state index contributed by atoms with van der Waals surface area (Å²) in [5.74, 6) is 0.844. The highest BCUT2D eigenvalue weighted by Gasteiger charge is 2.32. The summed E-state index contributed by atoms with van der Waals surface area (Å²) in [5, 5.41) is 3.10. The van der Waals surface area contributed by atoms with Crippen LogP contribution in [0.1, 0.15) is 52.4 Å². The van der Waals surface area contributed by atoms with Gasteiger partial charge in [-0.2, -0.15) is 4.31 Å². The highest BCUT2D eigenvalue weighted by atomic mass is 32.2. The molecular weight excluding hydrogens is 446 g/mol.